The highest BCUT2D eigenvalue weighted by atomic mass is 32.2. The molecule has 0 aliphatic carbocycles. The largest absolute Gasteiger partial charge is 0.495 e. The topological polar surface area (TPSA) is 81.4 Å². The van der Waals surface area contributed by atoms with Gasteiger partial charge in [-0.2, -0.15) is 0 Å². The van der Waals surface area contributed by atoms with Crippen LogP contribution in [0.15, 0.2) is 41.3 Å². The summed E-state index contributed by atoms with van der Waals surface area (Å²) in [6.45, 7) is 0. The molecule has 0 unspecified atom stereocenters. The van der Waals surface area contributed by atoms with E-state index in [0.29, 0.717) is 0 Å². The lowest BCUT2D eigenvalue weighted by molar-refractivity contribution is 0.415. The number of anilines is 2. The van der Waals surface area contributed by atoms with Crippen LogP contribution in [0.4, 0.5) is 20.2 Å². The number of nitrogen functional groups attached to an aromatic ring is 1. The van der Waals surface area contributed by atoms with Crippen molar-refractivity contribution in [2.75, 3.05) is 17.6 Å². The van der Waals surface area contributed by atoms with E-state index in [9.17, 15) is 17.2 Å². The molecule has 0 saturated carbocycles. The Labute approximate surface area is 120 Å². The summed E-state index contributed by atoms with van der Waals surface area (Å²) in [5.74, 6) is -1.88. The lowest BCUT2D eigenvalue weighted by atomic mass is 10.3. The van der Waals surface area contributed by atoms with Gasteiger partial charge in [0.1, 0.15) is 23.1 Å². The normalized spacial score (nSPS) is 11.2. The van der Waals surface area contributed by atoms with Crippen molar-refractivity contribution in [2.24, 2.45) is 0 Å². The number of ether oxygens (including phenoxy) is 1. The van der Waals surface area contributed by atoms with Crippen molar-refractivity contribution >= 4 is 21.4 Å². The van der Waals surface area contributed by atoms with Crippen LogP contribution in [0.3, 0.4) is 0 Å². The minimum atomic E-state index is -4.17. The average molecular weight is 314 g/mol. The van der Waals surface area contributed by atoms with E-state index in [1.54, 1.807) is 0 Å². The van der Waals surface area contributed by atoms with Crippen LogP contribution < -0.4 is 15.2 Å². The molecule has 0 radical (unpaired) electrons. The first-order valence-electron chi connectivity index (χ1n) is 5.75. The molecule has 5 nitrogen and oxygen atoms in total. The number of halogens is 2. The van der Waals surface area contributed by atoms with E-state index in [0.717, 1.165) is 24.3 Å². The van der Waals surface area contributed by atoms with Crippen LogP contribution in [0.25, 0.3) is 0 Å². The number of para-hydroxylation sites is 1. The number of rotatable bonds is 4. The number of nitrogens with one attached hydrogen (secondary N) is 1. The third kappa shape index (κ3) is 3.05. The SMILES string of the molecule is COc1cc(S(=O)(=O)Nc2c(F)cccc2F)ccc1N. The summed E-state index contributed by atoms with van der Waals surface area (Å²) in [4.78, 5) is -0.226. The molecule has 3 N–H and O–H groups in total. The maximum Gasteiger partial charge on any atom is 0.262 e. The standard InChI is InChI=1S/C13H12F2N2O3S/c1-20-12-7-8(5-6-11(12)16)21(18,19)17-13-9(14)3-2-4-10(13)15/h2-7,17H,16H2,1H3. The summed E-state index contributed by atoms with van der Waals surface area (Å²) in [7, 11) is -2.85. The molecule has 0 aliphatic heterocycles. The third-order valence-electron chi connectivity index (χ3n) is 2.71. The molecule has 0 heterocycles. The molecule has 0 saturated heterocycles. The fourth-order valence-electron chi connectivity index (χ4n) is 1.65. The van der Waals surface area contributed by atoms with Crippen molar-refractivity contribution in [1.29, 1.82) is 0 Å². The van der Waals surface area contributed by atoms with Crippen LogP contribution in [0.2, 0.25) is 0 Å². The second kappa shape index (κ2) is 5.57. The van der Waals surface area contributed by atoms with E-state index in [4.69, 9.17) is 10.5 Å². The highest BCUT2D eigenvalue weighted by molar-refractivity contribution is 7.92. The maximum absolute atomic E-state index is 13.5. The molecule has 112 valence electrons. The second-order valence-corrected chi connectivity index (χ2v) is 5.79. The number of benzene rings is 2. The highest BCUT2D eigenvalue weighted by Crippen LogP contribution is 2.27. The van der Waals surface area contributed by atoms with Crippen LogP contribution in [0.5, 0.6) is 5.75 Å². The van der Waals surface area contributed by atoms with Gasteiger partial charge in [-0.3, -0.25) is 4.72 Å². The monoisotopic (exact) mass is 314 g/mol. The molecule has 0 aromatic heterocycles. The summed E-state index contributed by atoms with van der Waals surface area (Å²) in [5, 5.41) is 0. The third-order valence-corrected chi connectivity index (χ3v) is 4.06. The van der Waals surface area contributed by atoms with E-state index in [1.165, 1.54) is 19.2 Å². The van der Waals surface area contributed by atoms with Crippen molar-refractivity contribution in [2.45, 2.75) is 4.90 Å². The molecule has 0 bridgehead atoms. The second-order valence-electron chi connectivity index (χ2n) is 4.11. The predicted molar refractivity (Wildman–Crippen MR) is 74.6 cm³/mol. The van der Waals surface area contributed by atoms with Gasteiger partial charge in [0.25, 0.3) is 10.0 Å². The molecule has 0 amide bonds. The van der Waals surface area contributed by atoms with E-state index in [1.807, 2.05) is 4.72 Å². The fraction of sp³-hybridized carbons (Fsp3) is 0.0769. The van der Waals surface area contributed by atoms with E-state index in [-0.39, 0.29) is 16.3 Å². The lowest BCUT2D eigenvalue weighted by Gasteiger charge is -2.11. The first-order valence-corrected chi connectivity index (χ1v) is 7.24. The first-order chi connectivity index (χ1) is 9.85. The Morgan fingerprint density at radius 3 is 2.33 bits per heavy atom. The molecule has 2 rings (SSSR count). The molecular formula is C13H12F2N2O3S. The van der Waals surface area contributed by atoms with Gasteiger partial charge in [0, 0.05) is 6.07 Å². The Morgan fingerprint density at radius 2 is 1.76 bits per heavy atom. The summed E-state index contributed by atoms with van der Waals surface area (Å²) < 4.78 is 58.1. The Hall–Kier alpha value is -2.35. The van der Waals surface area contributed by atoms with Crippen LogP contribution in [-0.2, 0) is 10.0 Å². The van der Waals surface area contributed by atoms with Gasteiger partial charge < -0.3 is 10.5 Å². The van der Waals surface area contributed by atoms with Crippen LogP contribution >= 0.6 is 0 Å². The van der Waals surface area contributed by atoms with Crippen molar-refractivity contribution in [3.05, 3.63) is 48.0 Å². The molecule has 0 spiro atoms. The minimum Gasteiger partial charge on any atom is -0.495 e. The smallest absolute Gasteiger partial charge is 0.262 e. The molecule has 0 atom stereocenters. The van der Waals surface area contributed by atoms with Crippen LogP contribution in [-0.4, -0.2) is 15.5 Å². The Morgan fingerprint density at radius 1 is 1.14 bits per heavy atom. The van der Waals surface area contributed by atoms with Crippen molar-refractivity contribution < 1.29 is 21.9 Å². The Balaban J connectivity index is 2.44. The number of sulfonamides is 1. The van der Waals surface area contributed by atoms with E-state index < -0.39 is 27.3 Å². The Kier molecular flexibility index (Phi) is 3.99. The van der Waals surface area contributed by atoms with Gasteiger partial charge in [-0.15, -0.1) is 0 Å². The van der Waals surface area contributed by atoms with Gasteiger partial charge in [0.15, 0.2) is 0 Å². The number of nitrogens with two attached hydrogens (primary N) is 1. The van der Waals surface area contributed by atoms with Gasteiger partial charge in [-0.1, -0.05) is 6.07 Å². The van der Waals surface area contributed by atoms with Gasteiger partial charge in [-0.05, 0) is 24.3 Å². The number of methoxy groups -OCH3 is 1. The summed E-state index contributed by atoms with van der Waals surface area (Å²) in [6.07, 6.45) is 0. The van der Waals surface area contributed by atoms with Gasteiger partial charge >= 0.3 is 0 Å². The van der Waals surface area contributed by atoms with Crippen molar-refractivity contribution in [1.82, 2.24) is 0 Å². The van der Waals surface area contributed by atoms with Crippen LogP contribution in [0.1, 0.15) is 0 Å². The zero-order valence-corrected chi connectivity index (χ0v) is 11.7. The van der Waals surface area contributed by atoms with Gasteiger partial charge in [-0.25, -0.2) is 17.2 Å². The molecule has 0 fully saturated rings. The van der Waals surface area contributed by atoms with E-state index >= 15 is 0 Å². The zero-order chi connectivity index (χ0) is 15.6. The zero-order valence-electron chi connectivity index (χ0n) is 10.9. The summed E-state index contributed by atoms with van der Waals surface area (Å²) in [6, 6.07) is 6.73. The quantitative estimate of drug-likeness (QED) is 0.849. The van der Waals surface area contributed by atoms with Crippen LogP contribution in [0, 0.1) is 11.6 Å². The predicted octanol–water partition coefficient (Wildman–Crippen LogP) is 2.36. The molecule has 2 aromatic rings. The maximum atomic E-state index is 13.5. The number of hydrogen-bond donors (Lipinski definition) is 2. The Bertz CT molecular complexity index is 759. The van der Waals surface area contributed by atoms with E-state index in [2.05, 4.69) is 0 Å². The molecular weight excluding hydrogens is 302 g/mol. The van der Waals surface area contributed by atoms with Crippen molar-refractivity contribution in [3.63, 3.8) is 0 Å². The van der Waals surface area contributed by atoms with Crippen molar-refractivity contribution in [3.8, 4) is 5.75 Å². The molecule has 2 aromatic carbocycles. The minimum absolute atomic E-state index is 0.145. The fourth-order valence-corrected chi connectivity index (χ4v) is 2.74. The van der Waals surface area contributed by atoms with Gasteiger partial charge in [0.2, 0.25) is 0 Å². The summed E-state index contributed by atoms with van der Waals surface area (Å²) in [5.41, 5.74) is 5.09. The highest BCUT2D eigenvalue weighted by Gasteiger charge is 2.20. The first kappa shape index (κ1) is 15.0. The van der Waals surface area contributed by atoms with Gasteiger partial charge in [0.05, 0.1) is 17.7 Å². The lowest BCUT2D eigenvalue weighted by Crippen LogP contribution is -2.15. The molecule has 21 heavy (non-hydrogen) atoms. The summed E-state index contributed by atoms with van der Waals surface area (Å²) >= 11 is 0. The molecule has 0 aliphatic rings. The number of hydrogen-bond acceptors (Lipinski definition) is 4. The average Bonchev–Trinajstić information content (AvgIpc) is 2.43. The molecule has 8 heteroatoms.